The van der Waals surface area contributed by atoms with E-state index in [-0.39, 0.29) is 5.91 Å². The van der Waals surface area contributed by atoms with Crippen LogP contribution in [0.4, 0.5) is 0 Å². The predicted molar refractivity (Wildman–Crippen MR) is 92.2 cm³/mol. The van der Waals surface area contributed by atoms with Crippen molar-refractivity contribution in [3.63, 3.8) is 0 Å². The predicted octanol–water partition coefficient (Wildman–Crippen LogP) is 2.80. The van der Waals surface area contributed by atoms with E-state index in [1.807, 2.05) is 36.4 Å². The Bertz CT molecular complexity index is 713. The van der Waals surface area contributed by atoms with Crippen molar-refractivity contribution >= 4 is 5.91 Å². The number of carbonyl (C=O) groups excluding carboxylic acids is 1. The number of amides is 1. The third-order valence-corrected chi connectivity index (χ3v) is 4.17. The van der Waals surface area contributed by atoms with Crippen molar-refractivity contribution in [2.24, 2.45) is 0 Å². The maximum atomic E-state index is 11.6. The largest absolute Gasteiger partial charge is 0.454 e. The van der Waals surface area contributed by atoms with Gasteiger partial charge in [-0.05, 0) is 30.3 Å². The van der Waals surface area contributed by atoms with Crippen LogP contribution in [-0.2, 0) is 13.1 Å². The number of nitrogens with zero attached hydrogens (tertiary/aromatic N) is 1. The van der Waals surface area contributed by atoms with Crippen LogP contribution in [0.25, 0.3) is 0 Å². The van der Waals surface area contributed by atoms with E-state index in [1.165, 1.54) is 5.56 Å². The van der Waals surface area contributed by atoms with Crippen molar-refractivity contribution in [2.45, 2.75) is 20.0 Å². The fourth-order valence-electron chi connectivity index (χ4n) is 2.80. The van der Waals surface area contributed by atoms with E-state index in [1.54, 1.807) is 7.05 Å². The molecule has 24 heavy (non-hydrogen) atoms. The lowest BCUT2D eigenvalue weighted by atomic mass is 10.1. The van der Waals surface area contributed by atoms with Crippen molar-refractivity contribution in [1.82, 2.24) is 10.2 Å². The Balaban J connectivity index is 1.69. The minimum absolute atomic E-state index is 0.0640. The zero-order valence-electron chi connectivity index (χ0n) is 14.0. The molecule has 0 saturated carbocycles. The summed E-state index contributed by atoms with van der Waals surface area (Å²) in [6, 6.07) is 13.7. The minimum atomic E-state index is -0.0640. The maximum Gasteiger partial charge on any atom is 0.251 e. The second-order valence-electron chi connectivity index (χ2n) is 5.73. The Kier molecular flexibility index (Phi) is 5.01. The Labute approximate surface area is 142 Å². The third kappa shape index (κ3) is 3.51. The molecule has 1 N–H and O–H groups in total. The van der Waals surface area contributed by atoms with E-state index >= 15 is 0 Å². The highest BCUT2D eigenvalue weighted by atomic mass is 16.7. The molecule has 126 valence electrons. The first-order chi connectivity index (χ1) is 11.7. The summed E-state index contributed by atoms with van der Waals surface area (Å²) in [6.07, 6.45) is 0. The van der Waals surface area contributed by atoms with Gasteiger partial charge in [0.05, 0.1) is 0 Å². The molecule has 1 amide bonds. The van der Waals surface area contributed by atoms with Gasteiger partial charge in [-0.3, -0.25) is 9.69 Å². The molecule has 0 aliphatic carbocycles. The number of fused-ring (bicyclic) bond motifs is 1. The maximum absolute atomic E-state index is 11.6. The van der Waals surface area contributed by atoms with E-state index in [4.69, 9.17) is 9.47 Å². The zero-order chi connectivity index (χ0) is 16.9. The number of hydrogen-bond donors (Lipinski definition) is 1. The van der Waals surface area contributed by atoms with Gasteiger partial charge in [-0.25, -0.2) is 0 Å². The molecule has 1 heterocycles. The van der Waals surface area contributed by atoms with Gasteiger partial charge in [-0.2, -0.15) is 0 Å². The molecule has 0 fully saturated rings. The molecular weight excluding hydrogens is 304 g/mol. The SMILES string of the molecule is CCN(Cc1ccc(C(=O)NC)cc1)Cc1cccc2c1OCO2. The quantitative estimate of drug-likeness (QED) is 0.887. The summed E-state index contributed by atoms with van der Waals surface area (Å²) in [5.41, 5.74) is 2.99. The lowest BCUT2D eigenvalue weighted by Crippen LogP contribution is -2.22. The number of carbonyl (C=O) groups is 1. The highest BCUT2D eigenvalue weighted by molar-refractivity contribution is 5.93. The average molecular weight is 326 g/mol. The van der Waals surface area contributed by atoms with Crippen LogP contribution in [0.15, 0.2) is 42.5 Å². The highest BCUT2D eigenvalue weighted by Crippen LogP contribution is 2.36. The summed E-state index contributed by atoms with van der Waals surface area (Å²) in [7, 11) is 1.64. The third-order valence-electron chi connectivity index (χ3n) is 4.17. The number of benzene rings is 2. The average Bonchev–Trinajstić information content (AvgIpc) is 3.10. The summed E-state index contributed by atoms with van der Waals surface area (Å²) >= 11 is 0. The summed E-state index contributed by atoms with van der Waals surface area (Å²) in [4.78, 5) is 13.9. The fourth-order valence-corrected chi connectivity index (χ4v) is 2.80. The van der Waals surface area contributed by atoms with E-state index < -0.39 is 0 Å². The smallest absolute Gasteiger partial charge is 0.251 e. The van der Waals surface area contributed by atoms with Crippen LogP contribution < -0.4 is 14.8 Å². The molecule has 0 bridgehead atoms. The molecule has 0 unspecified atom stereocenters. The normalized spacial score (nSPS) is 12.5. The van der Waals surface area contributed by atoms with Gasteiger partial charge in [-0.15, -0.1) is 0 Å². The van der Waals surface area contributed by atoms with E-state index in [2.05, 4.69) is 23.2 Å². The van der Waals surface area contributed by atoms with Crippen LogP contribution in [0.5, 0.6) is 11.5 Å². The first kappa shape index (κ1) is 16.3. The van der Waals surface area contributed by atoms with Gasteiger partial charge in [0.1, 0.15) is 0 Å². The van der Waals surface area contributed by atoms with Gasteiger partial charge >= 0.3 is 0 Å². The minimum Gasteiger partial charge on any atom is -0.454 e. The molecule has 5 heteroatoms. The Morgan fingerprint density at radius 3 is 2.62 bits per heavy atom. The number of para-hydroxylation sites is 1. The molecule has 2 aromatic carbocycles. The van der Waals surface area contributed by atoms with Crippen LogP contribution in [0.3, 0.4) is 0 Å². The van der Waals surface area contributed by atoms with Crippen molar-refractivity contribution in [3.8, 4) is 11.5 Å². The van der Waals surface area contributed by atoms with Crippen LogP contribution in [0, 0.1) is 0 Å². The monoisotopic (exact) mass is 326 g/mol. The van der Waals surface area contributed by atoms with Gasteiger partial charge in [0.2, 0.25) is 6.79 Å². The number of hydrogen-bond acceptors (Lipinski definition) is 4. The molecule has 2 aromatic rings. The van der Waals surface area contributed by atoms with Gasteiger partial charge in [-0.1, -0.05) is 31.2 Å². The van der Waals surface area contributed by atoms with Gasteiger partial charge in [0.25, 0.3) is 5.91 Å². The van der Waals surface area contributed by atoms with Crippen molar-refractivity contribution in [1.29, 1.82) is 0 Å². The second-order valence-corrected chi connectivity index (χ2v) is 5.73. The molecule has 1 aliphatic rings. The summed E-state index contributed by atoms with van der Waals surface area (Å²) in [5.74, 6) is 1.61. The van der Waals surface area contributed by atoms with Crippen LogP contribution in [0.2, 0.25) is 0 Å². The Morgan fingerprint density at radius 2 is 1.92 bits per heavy atom. The van der Waals surface area contributed by atoms with Gasteiger partial charge in [0.15, 0.2) is 11.5 Å². The van der Waals surface area contributed by atoms with Gasteiger partial charge in [0, 0.05) is 31.3 Å². The lowest BCUT2D eigenvalue weighted by molar-refractivity contribution is 0.0963. The van der Waals surface area contributed by atoms with Gasteiger partial charge < -0.3 is 14.8 Å². The molecule has 0 atom stereocenters. The topological polar surface area (TPSA) is 50.8 Å². The Hall–Kier alpha value is -2.53. The summed E-state index contributed by atoms with van der Waals surface area (Å²) < 4.78 is 11.0. The van der Waals surface area contributed by atoms with Crippen LogP contribution in [-0.4, -0.2) is 31.2 Å². The number of nitrogens with one attached hydrogen (secondary N) is 1. The zero-order valence-corrected chi connectivity index (χ0v) is 14.0. The van der Waals surface area contributed by atoms with Crippen LogP contribution >= 0.6 is 0 Å². The van der Waals surface area contributed by atoms with Crippen molar-refractivity contribution in [3.05, 3.63) is 59.2 Å². The second kappa shape index (κ2) is 7.36. The molecule has 1 aliphatic heterocycles. The van der Waals surface area contributed by atoms with E-state index in [0.29, 0.717) is 12.4 Å². The molecule has 0 aromatic heterocycles. The summed E-state index contributed by atoms with van der Waals surface area (Å²) in [6.45, 7) is 4.95. The molecule has 3 rings (SSSR count). The van der Waals surface area contributed by atoms with E-state index in [9.17, 15) is 4.79 Å². The van der Waals surface area contributed by atoms with Crippen molar-refractivity contribution < 1.29 is 14.3 Å². The lowest BCUT2D eigenvalue weighted by Gasteiger charge is -2.21. The molecular formula is C19H22N2O3. The number of ether oxygens (including phenoxy) is 2. The molecule has 0 radical (unpaired) electrons. The first-order valence-corrected chi connectivity index (χ1v) is 8.12. The Morgan fingerprint density at radius 1 is 1.12 bits per heavy atom. The standard InChI is InChI=1S/C19H22N2O3/c1-3-21(11-14-7-9-15(10-8-14)19(22)20-2)12-16-5-4-6-17-18(16)24-13-23-17/h4-10H,3,11-13H2,1-2H3,(H,20,22). The van der Waals surface area contributed by atoms with E-state index in [0.717, 1.165) is 36.7 Å². The number of rotatable bonds is 6. The molecule has 5 nitrogen and oxygen atoms in total. The molecule has 0 saturated heterocycles. The first-order valence-electron chi connectivity index (χ1n) is 8.12. The van der Waals surface area contributed by atoms with Crippen LogP contribution in [0.1, 0.15) is 28.4 Å². The van der Waals surface area contributed by atoms with Crippen molar-refractivity contribution in [2.75, 3.05) is 20.4 Å². The fraction of sp³-hybridized carbons (Fsp3) is 0.316. The highest BCUT2D eigenvalue weighted by Gasteiger charge is 2.18. The summed E-state index contributed by atoms with van der Waals surface area (Å²) in [5, 5.41) is 2.63. The molecule has 0 spiro atoms.